The van der Waals surface area contributed by atoms with Gasteiger partial charge < -0.3 is 24.4 Å². The molecule has 27 heavy (non-hydrogen) atoms. The van der Waals surface area contributed by atoms with E-state index in [9.17, 15) is 4.79 Å². The quantitative estimate of drug-likeness (QED) is 0.874. The van der Waals surface area contributed by atoms with Gasteiger partial charge in [0, 0.05) is 31.1 Å². The lowest BCUT2D eigenvalue weighted by Crippen LogP contribution is -2.52. The Morgan fingerprint density at radius 2 is 1.93 bits per heavy atom. The summed E-state index contributed by atoms with van der Waals surface area (Å²) >= 11 is 0. The molecule has 0 bridgehead atoms. The summed E-state index contributed by atoms with van der Waals surface area (Å²) in [7, 11) is 1.68. The first-order valence-corrected chi connectivity index (χ1v) is 9.73. The van der Waals surface area contributed by atoms with Crippen molar-refractivity contribution >= 4 is 6.09 Å². The molecule has 3 rings (SSSR count). The highest BCUT2D eigenvalue weighted by Crippen LogP contribution is 2.40. The van der Waals surface area contributed by atoms with E-state index in [1.54, 1.807) is 7.11 Å². The minimum atomic E-state index is -0.453. The van der Waals surface area contributed by atoms with Crippen LogP contribution in [0.4, 0.5) is 4.79 Å². The summed E-state index contributed by atoms with van der Waals surface area (Å²) in [5.74, 6) is 0.869. The average Bonchev–Trinajstić information content (AvgIpc) is 3.01. The summed E-state index contributed by atoms with van der Waals surface area (Å²) in [6.07, 6.45) is 1.66. The van der Waals surface area contributed by atoms with Crippen LogP contribution in [0, 0.1) is 5.41 Å². The monoisotopic (exact) mass is 376 g/mol. The van der Waals surface area contributed by atoms with Gasteiger partial charge in [-0.1, -0.05) is 12.1 Å². The summed E-state index contributed by atoms with van der Waals surface area (Å²) < 4.78 is 16.6. The van der Waals surface area contributed by atoms with Gasteiger partial charge in [0.1, 0.15) is 11.4 Å². The van der Waals surface area contributed by atoms with Crippen molar-refractivity contribution in [3.63, 3.8) is 0 Å². The van der Waals surface area contributed by atoms with Crippen LogP contribution in [-0.4, -0.2) is 56.0 Å². The third-order valence-corrected chi connectivity index (χ3v) is 5.54. The maximum atomic E-state index is 12.3. The summed E-state index contributed by atoms with van der Waals surface area (Å²) in [5, 5.41) is 3.68. The number of carbonyl (C=O) groups is 1. The van der Waals surface area contributed by atoms with Gasteiger partial charge in [0.05, 0.1) is 20.3 Å². The second-order valence-electron chi connectivity index (χ2n) is 8.63. The number of nitrogens with zero attached hydrogens (tertiary/aromatic N) is 1. The number of ether oxygens (including phenoxy) is 3. The molecule has 0 aliphatic carbocycles. The maximum absolute atomic E-state index is 12.3. The van der Waals surface area contributed by atoms with E-state index in [-0.39, 0.29) is 11.5 Å². The van der Waals surface area contributed by atoms with E-state index in [4.69, 9.17) is 14.2 Å². The molecule has 150 valence electrons. The zero-order valence-corrected chi connectivity index (χ0v) is 16.9. The van der Waals surface area contributed by atoms with Crippen molar-refractivity contribution in [3.8, 4) is 5.75 Å². The number of nitrogens with one attached hydrogen (secondary N) is 1. The van der Waals surface area contributed by atoms with Crippen LogP contribution in [0.15, 0.2) is 24.3 Å². The van der Waals surface area contributed by atoms with E-state index in [1.807, 2.05) is 37.8 Å². The molecule has 1 spiro atoms. The van der Waals surface area contributed by atoms with Crippen LogP contribution in [0.2, 0.25) is 0 Å². The maximum Gasteiger partial charge on any atom is 0.410 e. The van der Waals surface area contributed by atoms with Crippen molar-refractivity contribution in [2.75, 3.05) is 33.4 Å². The Morgan fingerprint density at radius 3 is 2.52 bits per heavy atom. The highest BCUT2D eigenvalue weighted by Gasteiger charge is 2.46. The lowest BCUT2D eigenvalue weighted by molar-refractivity contribution is 0.00591. The molecule has 1 aromatic rings. The van der Waals surface area contributed by atoms with Crippen LogP contribution in [0.1, 0.15) is 39.2 Å². The lowest BCUT2D eigenvalue weighted by atomic mass is 9.74. The van der Waals surface area contributed by atoms with E-state index in [2.05, 4.69) is 17.4 Å². The fourth-order valence-electron chi connectivity index (χ4n) is 3.87. The molecule has 0 radical (unpaired) electrons. The van der Waals surface area contributed by atoms with Gasteiger partial charge in [-0.05, 0) is 51.3 Å². The minimum Gasteiger partial charge on any atom is -0.497 e. The van der Waals surface area contributed by atoms with Gasteiger partial charge in [0.15, 0.2) is 0 Å². The molecule has 2 aliphatic heterocycles. The molecule has 2 fully saturated rings. The third-order valence-electron chi connectivity index (χ3n) is 5.54. The van der Waals surface area contributed by atoms with Crippen molar-refractivity contribution in [3.05, 3.63) is 29.8 Å². The Labute approximate surface area is 162 Å². The number of amides is 1. The predicted octanol–water partition coefficient (Wildman–Crippen LogP) is 3.20. The van der Waals surface area contributed by atoms with Crippen molar-refractivity contribution in [2.24, 2.45) is 5.41 Å². The number of hydrogen-bond acceptors (Lipinski definition) is 5. The van der Waals surface area contributed by atoms with E-state index < -0.39 is 5.60 Å². The third kappa shape index (κ3) is 4.93. The standard InChI is InChI=1S/C21H32N2O4/c1-20(2,3)27-19(24)23-11-9-21(10-12-23)15-26-14-18(21)22-13-16-5-7-17(25-4)8-6-16/h5-8,18,22H,9-15H2,1-4H3. The Hall–Kier alpha value is -1.79. The van der Waals surface area contributed by atoms with Crippen molar-refractivity contribution in [2.45, 2.75) is 51.8 Å². The number of benzene rings is 1. The van der Waals surface area contributed by atoms with Crippen molar-refractivity contribution in [1.29, 1.82) is 0 Å². The average molecular weight is 376 g/mol. The highest BCUT2D eigenvalue weighted by molar-refractivity contribution is 5.68. The Kier molecular flexibility index (Phi) is 5.96. The molecule has 2 heterocycles. The zero-order valence-electron chi connectivity index (χ0n) is 16.9. The van der Waals surface area contributed by atoms with Gasteiger partial charge in [-0.2, -0.15) is 0 Å². The first kappa shape index (κ1) is 20.0. The van der Waals surface area contributed by atoms with E-state index in [0.29, 0.717) is 6.04 Å². The van der Waals surface area contributed by atoms with E-state index in [1.165, 1.54) is 5.56 Å². The first-order valence-electron chi connectivity index (χ1n) is 9.73. The fraction of sp³-hybridized carbons (Fsp3) is 0.667. The molecule has 1 unspecified atom stereocenters. The molecule has 2 aliphatic rings. The number of likely N-dealkylation sites (tertiary alicyclic amines) is 1. The number of methoxy groups -OCH3 is 1. The summed E-state index contributed by atoms with van der Waals surface area (Å²) in [6.45, 7) is 9.44. The van der Waals surface area contributed by atoms with Gasteiger partial charge >= 0.3 is 6.09 Å². The molecule has 0 aromatic heterocycles. The van der Waals surface area contributed by atoms with Crippen molar-refractivity contribution < 1.29 is 19.0 Å². The molecule has 0 saturated carbocycles. The molecule has 1 amide bonds. The summed E-state index contributed by atoms with van der Waals surface area (Å²) in [6, 6.07) is 8.44. The molecule has 6 heteroatoms. The van der Waals surface area contributed by atoms with E-state index >= 15 is 0 Å². The van der Waals surface area contributed by atoms with E-state index in [0.717, 1.165) is 51.4 Å². The first-order chi connectivity index (χ1) is 12.8. The number of hydrogen-bond donors (Lipinski definition) is 1. The molecule has 6 nitrogen and oxygen atoms in total. The summed E-state index contributed by atoms with van der Waals surface area (Å²) in [5.41, 5.74) is 0.875. The SMILES string of the molecule is COc1ccc(CNC2COCC23CCN(C(=O)OC(C)(C)C)CC3)cc1. The molecule has 2 saturated heterocycles. The molecular weight excluding hydrogens is 344 g/mol. The fourth-order valence-corrected chi connectivity index (χ4v) is 3.87. The van der Waals surface area contributed by atoms with Crippen LogP contribution in [0.5, 0.6) is 5.75 Å². The van der Waals surface area contributed by atoms with Crippen LogP contribution < -0.4 is 10.1 Å². The molecular formula is C21H32N2O4. The predicted molar refractivity (Wildman–Crippen MR) is 104 cm³/mol. The number of piperidine rings is 1. The number of carbonyl (C=O) groups excluding carboxylic acids is 1. The van der Waals surface area contributed by atoms with Crippen LogP contribution in [0.3, 0.4) is 0 Å². The Balaban J connectivity index is 1.54. The van der Waals surface area contributed by atoms with Crippen LogP contribution in [-0.2, 0) is 16.0 Å². The van der Waals surface area contributed by atoms with Crippen LogP contribution in [0.25, 0.3) is 0 Å². The minimum absolute atomic E-state index is 0.102. The molecule has 1 N–H and O–H groups in total. The van der Waals surface area contributed by atoms with Gasteiger partial charge in [-0.15, -0.1) is 0 Å². The van der Waals surface area contributed by atoms with Gasteiger partial charge in [0.2, 0.25) is 0 Å². The second kappa shape index (κ2) is 8.07. The Bertz CT molecular complexity index is 631. The van der Waals surface area contributed by atoms with Gasteiger partial charge in [-0.3, -0.25) is 0 Å². The van der Waals surface area contributed by atoms with Crippen molar-refractivity contribution in [1.82, 2.24) is 10.2 Å². The lowest BCUT2D eigenvalue weighted by Gasteiger charge is -2.42. The van der Waals surface area contributed by atoms with Gasteiger partial charge in [-0.25, -0.2) is 4.79 Å². The topological polar surface area (TPSA) is 60.0 Å². The van der Waals surface area contributed by atoms with Gasteiger partial charge in [0.25, 0.3) is 0 Å². The second-order valence-corrected chi connectivity index (χ2v) is 8.63. The zero-order chi connectivity index (χ0) is 19.5. The Morgan fingerprint density at radius 1 is 1.26 bits per heavy atom. The number of rotatable bonds is 4. The smallest absolute Gasteiger partial charge is 0.410 e. The molecule has 1 atom stereocenters. The normalized spacial score (nSPS) is 22.1. The highest BCUT2D eigenvalue weighted by atomic mass is 16.6. The summed E-state index contributed by atoms with van der Waals surface area (Å²) in [4.78, 5) is 14.1. The molecule has 1 aromatic carbocycles. The largest absolute Gasteiger partial charge is 0.497 e. The van der Waals surface area contributed by atoms with Crippen LogP contribution >= 0.6 is 0 Å².